The summed E-state index contributed by atoms with van der Waals surface area (Å²) < 4.78 is 10.4. The highest BCUT2D eigenvalue weighted by molar-refractivity contribution is 5.81. The van der Waals surface area contributed by atoms with Gasteiger partial charge in [-0.25, -0.2) is 0 Å². The van der Waals surface area contributed by atoms with E-state index in [4.69, 9.17) is 14.7 Å². The molecule has 3 rings (SSSR count). The topological polar surface area (TPSA) is 42.2 Å². The summed E-state index contributed by atoms with van der Waals surface area (Å²) >= 11 is 0. The molecular weight excluding hydrogens is 226 g/mol. The first-order valence-electron chi connectivity index (χ1n) is 6.14. The molecule has 0 atom stereocenters. The molecule has 2 aliphatic carbocycles. The van der Waals surface area contributed by atoms with Gasteiger partial charge in [-0.3, -0.25) is 0 Å². The number of fused-ring (bicyclic) bond motifs is 1. The second-order valence-electron chi connectivity index (χ2n) is 5.01. The van der Waals surface area contributed by atoms with Crippen molar-refractivity contribution >= 4 is 5.57 Å². The van der Waals surface area contributed by atoms with Gasteiger partial charge >= 0.3 is 0 Å². The molecular formula is C15H15NO2. The summed E-state index contributed by atoms with van der Waals surface area (Å²) in [7, 11) is 1.61. The van der Waals surface area contributed by atoms with Crippen molar-refractivity contribution in [1.29, 1.82) is 5.26 Å². The Hall–Kier alpha value is -1.79. The minimum atomic E-state index is 0.262. The maximum atomic E-state index is 8.92. The molecule has 3 nitrogen and oxygen atoms in total. The Kier molecular flexibility index (Phi) is 2.61. The molecule has 0 amide bonds. The molecule has 2 aliphatic rings. The number of hydrogen-bond acceptors (Lipinski definition) is 3. The van der Waals surface area contributed by atoms with Crippen molar-refractivity contribution in [3.05, 3.63) is 35.4 Å². The second kappa shape index (κ2) is 4.15. The van der Waals surface area contributed by atoms with Crippen LogP contribution in [-0.4, -0.2) is 13.9 Å². The van der Waals surface area contributed by atoms with Crippen LogP contribution in [0.1, 0.15) is 24.0 Å². The smallest absolute Gasteiger partial charge is 0.188 e. The van der Waals surface area contributed by atoms with Gasteiger partial charge in [-0.2, -0.15) is 5.26 Å². The number of benzene rings is 1. The van der Waals surface area contributed by atoms with Gasteiger partial charge in [0, 0.05) is 18.6 Å². The SMILES string of the molecule is COCOc1ccc2c(c1)CC1(CC1)/C2=C\C#N. The van der Waals surface area contributed by atoms with E-state index < -0.39 is 0 Å². The third-order valence-electron chi connectivity index (χ3n) is 3.87. The second-order valence-corrected chi connectivity index (χ2v) is 5.01. The molecule has 1 fully saturated rings. The van der Waals surface area contributed by atoms with Gasteiger partial charge < -0.3 is 9.47 Å². The van der Waals surface area contributed by atoms with Crippen molar-refractivity contribution < 1.29 is 9.47 Å². The molecule has 0 unspecified atom stereocenters. The molecule has 0 radical (unpaired) electrons. The first-order valence-corrected chi connectivity index (χ1v) is 6.14. The van der Waals surface area contributed by atoms with E-state index in [1.54, 1.807) is 13.2 Å². The Bertz CT molecular complexity index is 550. The Morgan fingerprint density at radius 2 is 2.28 bits per heavy atom. The summed E-state index contributed by atoms with van der Waals surface area (Å²) in [4.78, 5) is 0. The van der Waals surface area contributed by atoms with E-state index >= 15 is 0 Å². The highest BCUT2D eigenvalue weighted by Crippen LogP contribution is 2.62. The monoisotopic (exact) mass is 241 g/mol. The number of allylic oxidation sites excluding steroid dienone is 2. The number of ether oxygens (including phenoxy) is 2. The first-order chi connectivity index (χ1) is 8.79. The molecule has 3 heteroatoms. The van der Waals surface area contributed by atoms with Gasteiger partial charge in [0.25, 0.3) is 0 Å². The molecule has 18 heavy (non-hydrogen) atoms. The molecule has 0 bridgehead atoms. The van der Waals surface area contributed by atoms with E-state index in [0.29, 0.717) is 0 Å². The average Bonchev–Trinajstić information content (AvgIpc) is 3.08. The normalized spacial score (nSPS) is 20.8. The molecule has 0 aromatic heterocycles. The van der Waals surface area contributed by atoms with Crippen LogP contribution in [0.25, 0.3) is 5.57 Å². The Morgan fingerprint density at radius 3 is 2.94 bits per heavy atom. The summed E-state index contributed by atoms with van der Waals surface area (Å²) in [5, 5.41) is 8.92. The highest BCUT2D eigenvalue weighted by atomic mass is 16.7. The molecule has 0 aliphatic heterocycles. The van der Waals surface area contributed by atoms with Gasteiger partial charge in [-0.05, 0) is 48.1 Å². The van der Waals surface area contributed by atoms with Crippen LogP contribution in [0.5, 0.6) is 5.75 Å². The zero-order chi connectivity index (χ0) is 12.6. The van der Waals surface area contributed by atoms with E-state index in [1.807, 2.05) is 6.07 Å². The molecule has 1 saturated carbocycles. The molecule has 1 aromatic rings. The fourth-order valence-electron chi connectivity index (χ4n) is 2.83. The number of hydrogen-bond donors (Lipinski definition) is 0. The lowest BCUT2D eigenvalue weighted by Gasteiger charge is -2.07. The van der Waals surface area contributed by atoms with Gasteiger partial charge in [0.1, 0.15) is 5.75 Å². The molecule has 92 valence electrons. The van der Waals surface area contributed by atoms with Crippen LogP contribution in [-0.2, 0) is 11.2 Å². The lowest BCUT2D eigenvalue weighted by Crippen LogP contribution is -1.99. The third-order valence-corrected chi connectivity index (χ3v) is 3.87. The zero-order valence-electron chi connectivity index (χ0n) is 10.4. The number of nitriles is 1. The largest absolute Gasteiger partial charge is 0.468 e. The fourth-order valence-corrected chi connectivity index (χ4v) is 2.83. The van der Waals surface area contributed by atoms with E-state index in [0.717, 1.165) is 12.2 Å². The van der Waals surface area contributed by atoms with E-state index in [2.05, 4.69) is 18.2 Å². The summed E-state index contributed by atoms with van der Waals surface area (Å²) in [5.74, 6) is 0.838. The van der Waals surface area contributed by atoms with E-state index in [1.165, 1.54) is 29.5 Å². The van der Waals surface area contributed by atoms with Crippen LogP contribution in [0, 0.1) is 16.7 Å². The summed E-state index contributed by atoms with van der Waals surface area (Å²) in [5.41, 5.74) is 4.00. The summed E-state index contributed by atoms with van der Waals surface area (Å²) in [6.07, 6.45) is 5.15. The molecule has 0 heterocycles. The highest BCUT2D eigenvalue weighted by Gasteiger charge is 2.50. The van der Waals surface area contributed by atoms with Crippen molar-refractivity contribution in [3.63, 3.8) is 0 Å². The Balaban J connectivity index is 1.94. The quantitative estimate of drug-likeness (QED) is 0.603. The Labute approximate surface area is 107 Å². The predicted octanol–water partition coefficient (Wildman–Crippen LogP) is 2.91. The van der Waals surface area contributed by atoms with Gasteiger partial charge in [0.05, 0.1) is 6.07 Å². The van der Waals surface area contributed by atoms with Crippen LogP contribution in [0.3, 0.4) is 0 Å². The van der Waals surface area contributed by atoms with Crippen molar-refractivity contribution in [2.24, 2.45) is 5.41 Å². The Morgan fingerprint density at radius 1 is 1.44 bits per heavy atom. The van der Waals surface area contributed by atoms with Crippen molar-refractivity contribution in [1.82, 2.24) is 0 Å². The minimum Gasteiger partial charge on any atom is -0.468 e. The number of rotatable bonds is 3. The average molecular weight is 241 g/mol. The number of methoxy groups -OCH3 is 1. The lowest BCUT2D eigenvalue weighted by atomic mass is 9.97. The van der Waals surface area contributed by atoms with Gasteiger partial charge in [-0.15, -0.1) is 0 Å². The zero-order valence-corrected chi connectivity index (χ0v) is 10.4. The van der Waals surface area contributed by atoms with Crippen molar-refractivity contribution in [3.8, 4) is 11.8 Å². The van der Waals surface area contributed by atoms with Crippen molar-refractivity contribution in [2.75, 3.05) is 13.9 Å². The molecule has 0 saturated heterocycles. The van der Waals surface area contributed by atoms with Gasteiger partial charge in [-0.1, -0.05) is 6.07 Å². The lowest BCUT2D eigenvalue weighted by molar-refractivity contribution is 0.0511. The minimum absolute atomic E-state index is 0.262. The first kappa shape index (κ1) is 11.3. The number of nitrogens with zero attached hydrogens (tertiary/aromatic N) is 1. The van der Waals surface area contributed by atoms with Crippen LogP contribution in [0.15, 0.2) is 24.3 Å². The van der Waals surface area contributed by atoms with Crippen LogP contribution in [0.4, 0.5) is 0 Å². The summed E-state index contributed by atoms with van der Waals surface area (Å²) in [6, 6.07) is 8.27. The maximum absolute atomic E-state index is 8.92. The fraction of sp³-hybridized carbons (Fsp3) is 0.400. The molecule has 1 spiro atoms. The van der Waals surface area contributed by atoms with Crippen LogP contribution < -0.4 is 4.74 Å². The van der Waals surface area contributed by atoms with Crippen LogP contribution >= 0.6 is 0 Å². The maximum Gasteiger partial charge on any atom is 0.188 e. The van der Waals surface area contributed by atoms with E-state index in [9.17, 15) is 0 Å². The van der Waals surface area contributed by atoms with E-state index in [-0.39, 0.29) is 12.2 Å². The van der Waals surface area contributed by atoms with Crippen molar-refractivity contribution in [2.45, 2.75) is 19.3 Å². The standard InChI is InChI=1S/C15H15NO2/c1-17-10-18-12-2-3-13-11(8-12)9-15(5-6-15)14(13)4-7-16/h2-4,8H,5-6,9-10H2,1H3/b14-4-. The summed E-state index contributed by atoms with van der Waals surface area (Å²) in [6.45, 7) is 0.269. The van der Waals surface area contributed by atoms with Gasteiger partial charge in [0.2, 0.25) is 0 Å². The predicted molar refractivity (Wildman–Crippen MR) is 67.9 cm³/mol. The molecule has 0 N–H and O–H groups in total. The molecule has 1 aromatic carbocycles. The van der Waals surface area contributed by atoms with Gasteiger partial charge in [0.15, 0.2) is 6.79 Å². The van der Waals surface area contributed by atoms with Crippen LogP contribution in [0.2, 0.25) is 0 Å². The third kappa shape index (κ3) is 1.70.